The second-order valence-electron chi connectivity index (χ2n) is 6.29. The Morgan fingerprint density at radius 3 is 2.39 bits per heavy atom. The van der Waals surface area contributed by atoms with Crippen LogP contribution in [0.4, 0.5) is 11.6 Å². The fourth-order valence-electron chi connectivity index (χ4n) is 2.77. The molecule has 0 fully saturated rings. The number of hydrogen-bond acceptors (Lipinski definition) is 6. The Morgan fingerprint density at radius 1 is 1.10 bits per heavy atom. The Morgan fingerprint density at radius 2 is 1.81 bits per heavy atom. The van der Waals surface area contributed by atoms with Crippen molar-refractivity contribution in [1.29, 1.82) is 0 Å². The molecular weight excluding hydrogens is 447 g/mol. The third-order valence-corrected chi connectivity index (χ3v) is 4.85. The van der Waals surface area contributed by atoms with Crippen molar-refractivity contribution in [2.45, 2.75) is 13.5 Å². The van der Waals surface area contributed by atoms with E-state index in [-0.39, 0.29) is 18.9 Å². The zero-order valence-corrected chi connectivity index (χ0v) is 17.7. The molecule has 0 aliphatic rings. The molecule has 0 N–H and O–H groups in total. The smallest absolute Gasteiger partial charge is 0.433 e. The molecule has 31 heavy (non-hydrogen) atoms. The average molecular weight is 463 g/mol. The Labute approximate surface area is 187 Å². The normalized spacial score (nSPS) is 10.5. The first-order valence-corrected chi connectivity index (χ1v) is 9.83. The molecule has 0 aliphatic carbocycles. The second-order valence-corrected chi connectivity index (χ2v) is 7.13. The van der Waals surface area contributed by atoms with Crippen LogP contribution in [-0.2, 0) is 11.3 Å². The number of anilines is 1. The summed E-state index contributed by atoms with van der Waals surface area (Å²) in [5.74, 6) is -1.88. The van der Waals surface area contributed by atoms with Gasteiger partial charge in [-0.05, 0) is 55.0 Å². The van der Waals surface area contributed by atoms with Crippen molar-refractivity contribution in [3.05, 3.63) is 91.6 Å². The van der Waals surface area contributed by atoms with Crippen LogP contribution in [0.25, 0.3) is 0 Å². The minimum Gasteiger partial charge on any atom is -0.462 e. The van der Waals surface area contributed by atoms with Gasteiger partial charge in [-0.1, -0.05) is 29.3 Å². The maximum Gasteiger partial charge on any atom is 0.433 e. The molecule has 0 radical (unpaired) electrons. The molecule has 3 aromatic rings. The number of nitrogens with zero attached hydrogens (tertiary/aromatic N) is 2. The quantitative estimate of drug-likeness (QED) is 0.260. The van der Waals surface area contributed by atoms with E-state index in [9.17, 15) is 19.7 Å². The highest BCUT2D eigenvalue weighted by atomic mass is 35.5. The van der Waals surface area contributed by atoms with Crippen LogP contribution in [0.15, 0.2) is 59.0 Å². The van der Waals surface area contributed by atoms with Crippen LogP contribution in [0.3, 0.4) is 0 Å². The molecule has 3 rings (SSSR count). The molecular formula is C21H16Cl2N2O6. The van der Waals surface area contributed by atoms with Crippen LogP contribution in [0.5, 0.6) is 0 Å². The van der Waals surface area contributed by atoms with Gasteiger partial charge in [0.1, 0.15) is 4.92 Å². The predicted octanol–water partition coefficient (Wildman–Crippen LogP) is 5.52. The van der Waals surface area contributed by atoms with E-state index < -0.39 is 22.7 Å². The summed E-state index contributed by atoms with van der Waals surface area (Å²) in [6, 6.07) is 13.3. The molecule has 0 spiro atoms. The van der Waals surface area contributed by atoms with Crippen molar-refractivity contribution in [2.75, 3.05) is 11.5 Å². The van der Waals surface area contributed by atoms with E-state index in [4.69, 9.17) is 32.4 Å². The minimum absolute atomic E-state index is 0.0298. The van der Waals surface area contributed by atoms with E-state index in [1.165, 1.54) is 23.1 Å². The molecule has 0 aliphatic heterocycles. The van der Waals surface area contributed by atoms with Crippen molar-refractivity contribution < 1.29 is 23.7 Å². The van der Waals surface area contributed by atoms with Crippen LogP contribution < -0.4 is 4.90 Å². The SMILES string of the molecule is CCOC(=O)c1ccc(N(Cc2ccc(Cl)cc2Cl)C(=O)c2ccc([N+](=O)[O-])o2)cc1. The Hall–Kier alpha value is -3.36. The number of hydrogen-bond donors (Lipinski definition) is 0. The zero-order chi connectivity index (χ0) is 22.5. The summed E-state index contributed by atoms with van der Waals surface area (Å²) in [4.78, 5) is 36.5. The van der Waals surface area contributed by atoms with E-state index in [0.29, 0.717) is 26.9 Å². The number of rotatable bonds is 7. The van der Waals surface area contributed by atoms with Crippen LogP contribution >= 0.6 is 23.2 Å². The summed E-state index contributed by atoms with van der Waals surface area (Å²) < 4.78 is 10.0. The number of carbonyl (C=O) groups is 2. The summed E-state index contributed by atoms with van der Waals surface area (Å²) >= 11 is 12.2. The number of ether oxygens (including phenoxy) is 1. The minimum atomic E-state index is -0.731. The molecule has 160 valence electrons. The molecule has 0 unspecified atom stereocenters. The molecule has 8 nitrogen and oxygen atoms in total. The number of benzene rings is 2. The summed E-state index contributed by atoms with van der Waals surface area (Å²) in [7, 11) is 0. The fraction of sp³-hybridized carbons (Fsp3) is 0.143. The highest BCUT2D eigenvalue weighted by Gasteiger charge is 2.25. The molecule has 1 amide bonds. The first kappa shape index (κ1) is 22.3. The van der Waals surface area contributed by atoms with Crippen LogP contribution in [0, 0.1) is 10.1 Å². The number of halogens is 2. The predicted molar refractivity (Wildman–Crippen MR) is 115 cm³/mol. The molecule has 0 saturated carbocycles. The zero-order valence-electron chi connectivity index (χ0n) is 16.2. The molecule has 2 aromatic carbocycles. The van der Waals surface area contributed by atoms with E-state index in [2.05, 4.69) is 0 Å². The van der Waals surface area contributed by atoms with Gasteiger partial charge in [-0.15, -0.1) is 0 Å². The second kappa shape index (κ2) is 9.63. The number of esters is 1. The lowest BCUT2D eigenvalue weighted by Crippen LogP contribution is -2.30. The van der Waals surface area contributed by atoms with Crippen LogP contribution in [0.2, 0.25) is 10.0 Å². The largest absolute Gasteiger partial charge is 0.462 e. The Balaban J connectivity index is 1.97. The lowest BCUT2D eigenvalue weighted by atomic mass is 10.1. The van der Waals surface area contributed by atoms with E-state index in [1.807, 2.05) is 0 Å². The summed E-state index contributed by atoms with van der Waals surface area (Å²) in [5, 5.41) is 11.7. The molecule has 0 saturated heterocycles. The summed E-state index contributed by atoms with van der Waals surface area (Å²) in [5.41, 5.74) is 1.33. The molecule has 10 heteroatoms. The van der Waals surface area contributed by atoms with Gasteiger partial charge in [0.2, 0.25) is 0 Å². The number of nitro groups is 1. The number of furan rings is 1. The maximum atomic E-state index is 13.1. The van der Waals surface area contributed by atoms with Crippen molar-refractivity contribution in [2.24, 2.45) is 0 Å². The summed E-state index contributed by atoms with van der Waals surface area (Å²) in [6.07, 6.45) is 0. The molecule has 0 atom stereocenters. The highest BCUT2D eigenvalue weighted by Crippen LogP contribution is 2.27. The van der Waals surface area contributed by atoms with Crippen molar-refractivity contribution in [1.82, 2.24) is 0 Å². The molecule has 1 heterocycles. The van der Waals surface area contributed by atoms with E-state index in [0.717, 1.165) is 6.07 Å². The van der Waals surface area contributed by atoms with Gasteiger partial charge in [0.15, 0.2) is 5.76 Å². The van der Waals surface area contributed by atoms with Crippen molar-refractivity contribution >= 4 is 46.6 Å². The van der Waals surface area contributed by atoms with Gasteiger partial charge in [0.25, 0.3) is 5.91 Å². The van der Waals surface area contributed by atoms with Gasteiger partial charge in [0.05, 0.1) is 24.8 Å². The molecule has 0 bridgehead atoms. The van der Waals surface area contributed by atoms with Gasteiger partial charge in [-0.2, -0.15) is 0 Å². The lowest BCUT2D eigenvalue weighted by molar-refractivity contribution is -0.402. The first-order valence-electron chi connectivity index (χ1n) is 9.07. The van der Waals surface area contributed by atoms with Crippen LogP contribution in [-0.4, -0.2) is 23.4 Å². The monoisotopic (exact) mass is 462 g/mol. The third kappa shape index (κ3) is 5.22. The maximum absolute atomic E-state index is 13.1. The Bertz CT molecular complexity index is 1130. The van der Waals surface area contributed by atoms with Gasteiger partial charge in [-0.3, -0.25) is 14.9 Å². The standard InChI is InChI=1S/C21H16Cl2N2O6/c1-2-30-21(27)13-4-7-16(8-5-13)24(12-14-3-6-15(22)11-17(14)23)20(26)18-9-10-19(31-18)25(28)29/h3-11H,2,12H2,1H3. The van der Waals surface area contributed by atoms with E-state index in [1.54, 1.807) is 37.3 Å². The number of carbonyl (C=O) groups excluding carboxylic acids is 2. The van der Waals surface area contributed by atoms with E-state index >= 15 is 0 Å². The highest BCUT2D eigenvalue weighted by molar-refractivity contribution is 6.35. The third-order valence-electron chi connectivity index (χ3n) is 4.26. The fourth-order valence-corrected chi connectivity index (χ4v) is 3.23. The number of amides is 1. The first-order chi connectivity index (χ1) is 14.8. The topological polar surface area (TPSA) is 103 Å². The molecule has 1 aromatic heterocycles. The van der Waals surface area contributed by atoms with Gasteiger partial charge in [-0.25, -0.2) is 4.79 Å². The van der Waals surface area contributed by atoms with Gasteiger partial charge in [0, 0.05) is 15.7 Å². The van der Waals surface area contributed by atoms with Crippen LogP contribution in [0.1, 0.15) is 33.4 Å². The lowest BCUT2D eigenvalue weighted by Gasteiger charge is -2.23. The van der Waals surface area contributed by atoms with Crippen molar-refractivity contribution in [3.8, 4) is 0 Å². The van der Waals surface area contributed by atoms with Gasteiger partial charge < -0.3 is 14.1 Å². The summed E-state index contributed by atoms with van der Waals surface area (Å²) in [6.45, 7) is 1.96. The van der Waals surface area contributed by atoms with Gasteiger partial charge >= 0.3 is 11.9 Å². The van der Waals surface area contributed by atoms with Crippen molar-refractivity contribution in [3.63, 3.8) is 0 Å². The average Bonchev–Trinajstić information content (AvgIpc) is 3.24. The Kier molecular flexibility index (Phi) is 6.94.